The maximum atomic E-state index is 10.3. The van der Waals surface area contributed by atoms with E-state index in [-0.39, 0.29) is 0 Å². The van der Waals surface area contributed by atoms with Gasteiger partial charge in [0, 0.05) is 18.7 Å². The van der Waals surface area contributed by atoms with E-state index in [4.69, 9.17) is 0 Å². The Morgan fingerprint density at radius 1 is 0.818 bits per heavy atom. The molecule has 0 unspecified atom stereocenters. The van der Waals surface area contributed by atoms with Crippen molar-refractivity contribution in [2.24, 2.45) is 0 Å². The van der Waals surface area contributed by atoms with E-state index in [1.807, 2.05) is 24.3 Å². The minimum atomic E-state index is 0.380. The topological polar surface area (TPSA) is 23.5 Å². The number of hydrogen-bond donors (Lipinski definition) is 1. The summed E-state index contributed by atoms with van der Waals surface area (Å²) in [5.74, 6) is 0.380. The Bertz CT molecular complexity index is 752. The fourth-order valence-electron chi connectivity index (χ4n) is 2.84. The highest BCUT2D eigenvalue weighted by molar-refractivity contribution is 5.87. The molecule has 22 heavy (non-hydrogen) atoms. The second-order valence-corrected chi connectivity index (χ2v) is 5.57. The van der Waals surface area contributed by atoms with Gasteiger partial charge in [0.25, 0.3) is 0 Å². The summed E-state index contributed by atoms with van der Waals surface area (Å²) in [7, 11) is 0. The van der Waals surface area contributed by atoms with Gasteiger partial charge in [-0.3, -0.25) is 4.90 Å². The lowest BCUT2D eigenvalue weighted by Crippen LogP contribution is -2.22. The molecule has 0 aromatic heterocycles. The largest absolute Gasteiger partial charge is 0.508 e. The van der Waals surface area contributed by atoms with Crippen LogP contribution in [0.25, 0.3) is 10.8 Å². The summed E-state index contributed by atoms with van der Waals surface area (Å²) in [5, 5.41) is 12.6. The first-order valence-corrected chi connectivity index (χ1v) is 7.74. The van der Waals surface area contributed by atoms with Crippen LogP contribution in [0.5, 0.6) is 5.75 Å². The number of phenolic OH excluding ortho intramolecular Hbond substituents is 1. The first-order valence-electron chi connectivity index (χ1n) is 7.74. The minimum absolute atomic E-state index is 0.380. The molecule has 0 amide bonds. The Kier molecular flexibility index (Phi) is 4.40. The number of nitrogens with zero attached hydrogens (tertiary/aromatic N) is 1. The van der Waals surface area contributed by atoms with Gasteiger partial charge >= 0.3 is 0 Å². The molecule has 2 heteroatoms. The van der Waals surface area contributed by atoms with Crippen LogP contribution < -0.4 is 0 Å². The van der Waals surface area contributed by atoms with Crippen LogP contribution in [-0.2, 0) is 13.1 Å². The summed E-state index contributed by atoms with van der Waals surface area (Å²) in [6.45, 7) is 4.74. The molecule has 3 aromatic carbocycles. The van der Waals surface area contributed by atoms with Crippen molar-refractivity contribution in [3.63, 3.8) is 0 Å². The summed E-state index contributed by atoms with van der Waals surface area (Å²) in [6, 6.07) is 22.5. The molecule has 112 valence electrons. The fourth-order valence-corrected chi connectivity index (χ4v) is 2.84. The Labute approximate surface area is 131 Å². The molecule has 0 aliphatic carbocycles. The lowest BCUT2D eigenvalue weighted by atomic mass is 10.0. The molecule has 3 aromatic rings. The summed E-state index contributed by atoms with van der Waals surface area (Å²) in [5.41, 5.74) is 2.31. The molecule has 0 heterocycles. The van der Waals surface area contributed by atoms with Crippen LogP contribution in [-0.4, -0.2) is 16.6 Å². The second kappa shape index (κ2) is 6.63. The maximum absolute atomic E-state index is 10.3. The third-order valence-electron chi connectivity index (χ3n) is 4.09. The summed E-state index contributed by atoms with van der Waals surface area (Å²) in [6.07, 6.45) is 0. The van der Waals surface area contributed by atoms with Crippen molar-refractivity contribution in [3.8, 4) is 5.75 Å². The predicted octanol–water partition coefficient (Wildman–Crippen LogP) is 4.57. The normalized spacial score (nSPS) is 11.2. The van der Waals surface area contributed by atoms with Gasteiger partial charge < -0.3 is 5.11 Å². The highest BCUT2D eigenvalue weighted by Crippen LogP contribution is 2.28. The molecule has 2 nitrogen and oxygen atoms in total. The molecule has 0 aliphatic rings. The van der Waals surface area contributed by atoms with Gasteiger partial charge in [-0.05, 0) is 28.9 Å². The Hall–Kier alpha value is -2.32. The lowest BCUT2D eigenvalue weighted by molar-refractivity contribution is 0.268. The smallest absolute Gasteiger partial charge is 0.120 e. The highest BCUT2D eigenvalue weighted by Gasteiger charge is 2.11. The van der Waals surface area contributed by atoms with Crippen LogP contribution in [0.1, 0.15) is 18.1 Å². The van der Waals surface area contributed by atoms with Crippen molar-refractivity contribution in [1.29, 1.82) is 0 Å². The quantitative estimate of drug-likeness (QED) is 0.744. The van der Waals surface area contributed by atoms with E-state index in [9.17, 15) is 5.11 Å². The minimum Gasteiger partial charge on any atom is -0.508 e. The standard InChI is InChI=1S/C20H21NO/c1-2-21(14-16-8-4-3-5-9-16)15-19-18-11-7-6-10-17(18)12-13-20(19)22/h3-13,22H,2,14-15H2,1H3. The number of hydrogen-bond acceptors (Lipinski definition) is 2. The molecule has 3 rings (SSSR count). The van der Waals surface area contributed by atoms with Gasteiger partial charge in [-0.15, -0.1) is 0 Å². The average Bonchev–Trinajstić information content (AvgIpc) is 2.57. The van der Waals surface area contributed by atoms with Gasteiger partial charge in [0.2, 0.25) is 0 Å². The van der Waals surface area contributed by atoms with Crippen molar-refractivity contribution in [2.45, 2.75) is 20.0 Å². The van der Waals surface area contributed by atoms with Gasteiger partial charge in [0.1, 0.15) is 5.75 Å². The first kappa shape index (κ1) is 14.6. The maximum Gasteiger partial charge on any atom is 0.120 e. The molecular formula is C20H21NO. The van der Waals surface area contributed by atoms with E-state index in [1.165, 1.54) is 10.9 Å². The molecule has 0 bridgehead atoms. The molecular weight excluding hydrogens is 270 g/mol. The van der Waals surface area contributed by atoms with Crippen LogP contribution in [0.4, 0.5) is 0 Å². The molecule has 0 radical (unpaired) electrons. The van der Waals surface area contributed by atoms with Crippen LogP contribution >= 0.6 is 0 Å². The van der Waals surface area contributed by atoms with Crippen molar-refractivity contribution in [3.05, 3.63) is 77.9 Å². The zero-order valence-corrected chi connectivity index (χ0v) is 12.9. The Balaban J connectivity index is 1.89. The summed E-state index contributed by atoms with van der Waals surface area (Å²) >= 11 is 0. The van der Waals surface area contributed by atoms with Crippen molar-refractivity contribution < 1.29 is 5.11 Å². The monoisotopic (exact) mass is 291 g/mol. The number of benzene rings is 3. The molecule has 0 saturated carbocycles. The van der Waals surface area contributed by atoms with Gasteiger partial charge in [-0.2, -0.15) is 0 Å². The predicted molar refractivity (Wildman–Crippen MR) is 91.8 cm³/mol. The third-order valence-corrected chi connectivity index (χ3v) is 4.09. The molecule has 0 aliphatic heterocycles. The summed E-state index contributed by atoms with van der Waals surface area (Å²) < 4.78 is 0. The third kappa shape index (κ3) is 3.12. The molecule has 1 N–H and O–H groups in total. The molecule has 0 spiro atoms. The van der Waals surface area contributed by atoms with Crippen molar-refractivity contribution in [2.75, 3.05) is 6.54 Å². The van der Waals surface area contributed by atoms with Crippen LogP contribution in [0.2, 0.25) is 0 Å². The Morgan fingerprint density at radius 3 is 2.32 bits per heavy atom. The molecule has 0 atom stereocenters. The zero-order chi connectivity index (χ0) is 15.4. The Morgan fingerprint density at radius 2 is 1.55 bits per heavy atom. The zero-order valence-electron chi connectivity index (χ0n) is 12.9. The van der Waals surface area contributed by atoms with Gasteiger partial charge in [0.15, 0.2) is 0 Å². The lowest BCUT2D eigenvalue weighted by Gasteiger charge is -2.22. The van der Waals surface area contributed by atoms with Gasteiger partial charge in [-0.1, -0.05) is 67.6 Å². The molecule has 0 fully saturated rings. The van der Waals surface area contributed by atoms with E-state index >= 15 is 0 Å². The van der Waals surface area contributed by atoms with Crippen molar-refractivity contribution >= 4 is 10.8 Å². The number of phenols is 1. The van der Waals surface area contributed by atoms with E-state index in [0.29, 0.717) is 5.75 Å². The second-order valence-electron chi connectivity index (χ2n) is 5.57. The van der Waals surface area contributed by atoms with E-state index in [2.05, 4.69) is 48.2 Å². The van der Waals surface area contributed by atoms with E-state index in [1.54, 1.807) is 6.07 Å². The number of aromatic hydroxyl groups is 1. The average molecular weight is 291 g/mol. The van der Waals surface area contributed by atoms with E-state index in [0.717, 1.165) is 30.6 Å². The summed E-state index contributed by atoms with van der Waals surface area (Å²) in [4.78, 5) is 2.34. The number of fused-ring (bicyclic) bond motifs is 1. The van der Waals surface area contributed by atoms with Crippen molar-refractivity contribution in [1.82, 2.24) is 4.90 Å². The van der Waals surface area contributed by atoms with Crippen LogP contribution in [0.15, 0.2) is 66.7 Å². The van der Waals surface area contributed by atoms with Crippen LogP contribution in [0, 0.1) is 0 Å². The number of rotatable bonds is 5. The SMILES string of the molecule is CCN(Cc1ccccc1)Cc1c(O)ccc2ccccc12. The highest BCUT2D eigenvalue weighted by atomic mass is 16.3. The first-order chi connectivity index (χ1) is 10.8. The molecule has 0 saturated heterocycles. The van der Waals surface area contributed by atoms with E-state index < -0.39 is 0 Å². The fraction of sp³-hybridized carbons (Fsp3) is 0.200. The van der Waals surface area contributed by atoms with Gasteiger partial charge in [-0.25, -0.2) is 0 Å². The van der Waals surface area contributed by atoms with Crippen LogP contribution in [0.3, 0.4) is 0 Å². The van der Waals surface area contributed by atoms with Gasteiger partial charge in [0.05, 0.1) is 0 Å².